The Morgan fingerprint density at radius 1 is 1.48 bits per heavy atom. The minimum absolute atomic E-state index is 0.0478. The molecule has 0 unspecified atom stereocenters. The fraction of sp³-hybridized carbons (Fsp3) is 0.182. The second-order valence-corrected chi connectivity index (χ2v) is 4.74. The second-order valence-electron chi connectivity index (χ2n) is 3.89. The maximum atomic E-state index is 13.5. The van der Waals surface area contributed by atoms with E-state index in [0.717, 1.165) is 12.1 Å². The van der Waals surface area contributed by atoms with E-state index < -0.39 is 17.5 Å². The number of nitrogen functional groups attached to an aromatic ring is 1. The molecule has 0 fully saturated rings. The molecule has 10 heteroatoms. The first-order valence-electron chi connectivity index (χ1n) is 5.69. The zero-order valence-corrected chi connectivity index (χ0v) is 12.1. The van der Waals surface area contributed by atoms with Crippen molar-refractivity contribution in [2.75, 3.05) is 6.61 Å². The van der Waals surface area contributed by atoms with Crippen molar-refractivity contribution in [3.05, 3.63) is 40.1 Å². The van der Waals surface area contributed by atoms with Crippen molar-refractivity contribution >= 4 is 21.8 Å². The lowest BCUT2D eigenvalue weighted by Gasteiger charge is -2.09. The molecule has 0 aliphatic carbocycles. The first kappa shape index (κ1) is 15.3. The van der Waals surface area contributed by atoms with Crippen molar-refractivity contribution in [3.63, 3.8) is 0 Å². The van der Waals surface area contributed by atoms with E-state index >= 15 is 0 Å². The predicted molar refractivity (Wildman–Crippen MR) is 71.2 cm³/mol. The van der Waals surface area contributed by atoms with E-state index in [0.29, 0.717) is 0 Å². The predicted octanol–water partition coefficient (Wildman–Crippen LogP) is 1.00. The highest BCUT2D eigenvalue weighted by molar-refractivity contribution is 9.10. The van der Waals surface area contributed by atoms with Gasteiger partial charge in [-0.1, -0.05) is 5.21 Å². The van der Waals surface area contributed by atoms with Crippen molar-refractivity contribution in [3.8, 4) is 5.75 Å². The standard InChI is InChI=1S/C11H10BrF2N5O2/c12-7-3-6(13)4-8(14)10(7)21-2-1-19-5-9(17-18-19)11(20)16-15/h3-5H,1-2,15H2,(H,16,20). The van der Waals surface area contributed by atoms with E-state index in [1.54, 1.807) is 0 Å². The molecule has 0 bridgehead atoms. The summed E-state index contributed by atoms with van der Waals surface area (Å²) in [4.78, 5) is 11.2. The van der Waals surface area contributed by atoms with Gasteiger partial charge in [-0.05, 0) is 22.0 Å². The van der Waals surface area contributed by atoms with Crippen molar-refractivity contribution in [2.45, 2.75) is 6.54 Å². The number of nitrogens with one attached hydrogen (secondary N) is 1. The van der Waals surface area contributed by atoms with E-state index in [4.69, 9.17) is 10.6 Å². The molecule has 3 N–H and O–H groups in total. The molecular formula is C11H10BrF2N5O2. The average Bonchev–Trinajstić information content (AvgIpc) is 2.89. The minimum atomic E-state index is -0.816. The van der Waals surface area contributed by atoms with Gasteiger partial charge in [0.1, 0.15) is 12.4 Å². The maximum absolute atomic E-state index is 13.5. The summed E-state index contributed by atoms with van der Waals surface area (Å²) in [5, 5.41) is 7.27. The summed E-state index contributed by atoms with van der Waals surface area (Å²) in [6, 6.07) is 1.82. The quantitative estimate of drug-likeness (QED) is 0.470. The molecule has 7 nitrogen and oxygen atoms in total. The number of hydrazine groups is 1. The number of carbonyl (C=O) groups excluding carboxylic acids is 1. The van der Waals surface area contributed by atoms with Gasteiger partial charge in [0.25, 0.3) is 5.91 Å². The number of rotatable bonds is 5. The van der Waals surface area contributed by atoms with Gasteiger partial charge in [0.15, 0.2) is 17.3 Å². The fourth-order valence-corrected chi connectivity index (χ4v) is 2.02. The number of nitrogens with zero attached hydrogens (tertiary/aromatic N) is 3. The molecule has 0 atom stereocenters. The molecule has 0 aliphatic heterocycles. The molecule has 1 aromatic carbocycles. The van der Waals surface area contributed by atoms with Crippen LogP contribution in [0.5, 0.6) is 5.75 Å². The summed E-state index contributed by atoms with van der Waals surface area (Å²) >= 11 is 3.01. The summed E-state index contributed by atoms with van der Waals surface area (Å²) in [5.41, 5.74) is 1.97. The Labute approximate surface area is 126 Å². The molecule has 1 amide bonds. The summed E-state index contributed by atoms with van der Waals surface area (Å²) in [6.45, 7) is 0.266. The van der Waals surface area contributed by atoms with Gasteiger partial charge in [0.2, 0.25) is 0 Å². The SMILES string of the molecule is NNC(=O)c1cn(CCOc2c(F)cc(F)cc2Br)nn1. The van der Waals surface area contributed by atoms with Crippen LogP contribution in [-0.2, 0) is 6.54 Å². The number of benzene rings is 1. The number of amides is 1. The number of aromatic nitrogens is 3. The Kier molecular flexibility index (Phi) is 4.81. The number of carbonyl (C=O) groups is 1. The van der Waals surface area contributed by atoms with Crippen LogP contribution in [0.15, 0.2) is 22.8 Å². The first-order valence-corrected chi connectivity index (χ1v) is 6.49. The molecule has 0 aliphatic rings. The zero-order valence-electron chi connectivity index (χ0n) is 10.5. The third-order valence-corrected chi connectivity index (χ3v) is 3.02. The molecule has 21 heavy (non-hydrogen) atoms. The van der Waals surface area contributed by atoms with Crippen LogP contribution in [0.2, 0.25) is 0 Å². The van der Waals surface area contributed by atoms with E-state index in [1.807, 2.05) is 5.43 Å². The topological polar surface area (TPSA) is 95.1 Å². The Morgan fingerprint density at radius 2 is 2.24 bits per heavy atom. The Balaban J connectivity index is 1.96. The van der Waals surface area contributed by atoms with Crippen LogP contribution in [0.4, 0.5) is 8.78 Å². The van der Waals surface area contributed by atoms with Crippen molar-refractivity contribution < 1.29 is 18.3 Å². The lowest BCUT2D eigenvalue weighted by molar-refractivity contribution is 0.0948. The van der Waals surface area contributed by atoms with Gasteiger partial charge in [-0.15, -0.1) is 5.10 Å². The van der Waals surface area contributed by atoms with Crippen molar-refractivity contribution in [1.82, 2.24) is 20.4 Å². The lowest BCUT2D eigenvalue weighted by atomic mass is 10.3. The van der Waals surface area contributed by atoms with Crippen LogP contribution in [0.3, 0.4) is 0 Å². The van der Waals surface area contributed by atoms with Crippen LogP contribution < -0.4 is 16.0 Å². The van der Waals surface area contributed by atoms with Crippen LogP contribution >= 0.6 is 15.9 Å². The van der Waals surface area contributed by atoms with Crippen molar-refractivity contribution in [2.24, 2.45) is 5.84 Å². The van der Waals surface area contributed by atoms with Crippen molar-refractivity contribution in [1.29, 1.82) is 0 Å². The van der Waals surface area contributed by atoms with E-state index in [-0.39, 0.29) is 29.1 Å². The van der Waals surface area contributed by atoms with Gasteiger partial charge in [-0.25, -0.2) is 19.3 Å². The maximum Gasteiger partial charge on any atom is 0.287 e. The smallest absolute Gasteiger partial charge is 0.287 e. The molecule has 0 radical (unpaired) electrons. The number of hydrogen-bond donors (Lipinski definition) is 2. The minimum Gasteiger partial charge on any atom is -0.487 e. The Bertz CT molecular complexity index is 641. The number of ether oxygens (including phenoxy) is 1. The highest BCUT2D eigenvalue weighted by atomic mass is 79.9. The molecule has 0 saturated heterocycles. The van der Waals surface area contributed by atoms with Crippen LogP contribution in [0.25, 0.3) is 0 Å². The molecule has 112 valence electrons. The molecule has 0 spiro atoms. The number of hydrogen-bond acceptors (Lipinski definition) is 5. The number of nitrogens with two attached hydrogens (primary N) is 1. The first-order chi connectivity index (χ1) is 10.0. The third kappa shape index (κ3) is 3.73. The van der Waals surface area contributed by atoms with E-state index in [1.165, 1.54) is 10.9 Å². The molecule has 0 saturated carbocycles. The Morgan fingerprint density at radius 3 is 2.90 bits per heavy atom. The van der Waals surface area contributed by atoms with Crippen LogP contribution in [-0.4, -0.2) is 27.5 Å². The van der Waals surface area contributed by atoms with Gasteiger partial charge < -0.3 is 4.74 Å². The summed E-state index contributed by atoms with van der Waals surface area (Å²) in [7, 11) is 0. The summed E-state index contributed by atoms with van der Waals surface area (Å²) in [6.07, 6.45) is 1.36. The highest BCUT2D eigenvalue weighted by Crippen LogP contribution is 2.29. The normalized spacial score (nSPS) is 10.5. The van der Waals surface area contributed by atoms with Crippen LogP contribution in [0, 0.1) is 11.6 Å². The van der Waals surface area contributed by atoms with E-state index in [2.05, 4.69) is 26.2 Å². The lowest BCUT2D eigenvalue weighted by Crippen LogP contribution is -2.30. The average molecular weight is 362 g/mol. The zero-order chi connectivity index (χ0) is 15.4. The summed E-state index contributed by atoms with van der Waals surface area (Å²) < 4.78 is 33.1. The molecular weight excluding hydrogens is 352 g/mol. The third-order valence-electron chi connectivity index (χ3n) is 2.43. The highest BCUT2D eigenvalue weighted by Gasteiger charge is 2.12. The van der Waals surface area contributed by atoms with Crippen LogP contribution in [0.1, 0.15) is 10.5 Å². The van der Waals surface area contributed by atoms with Gasteiger partial charge in [0, 0.05) is 6.07 Å². The second kappa shape index (κ2) is 6.59. The Hall–Kier alpha value is -2.07. The van der Waals surface area contributed by atoms with Gasteiger partial charge >= 0.3 is 0 Å². The summed E-state index contributed by atoms with van der Waals surface area (Å²) in [5.74, 6) is 2.76. The molecule has 2 rings (SSSR count). The van der Waals surface area contributed by atoms with Gasteiger partial charge in [0.05, 0.1) is 17.2 Å². The van der Waals surface area contributed by atoms with E-state index in [9.17, 15) is 13.6 Å². The fourth-order valence-electron chi connectivity index (χ4n) is 1.49. The number of halogens is 3. The largest absolute Gasteiger partial charge is 0.487 e. The van der Waals surface area contributed by atoms with Gasteiger partial charge in [-0.2, -0.15) is 0 Å². The van der Waals surface area contributed by atoms with Gasteiger partial charge in [-0.3, -0.25) is 10.2 Å². The molecule has 2 aromatic rings. The molecule has 1 aromatic heterocycles. The molecule has 1 heterocycles. The monoisotopic (exact) mass is 361 g/mol.